The van der Waals surface area contributed by atoms with Gasteiger partial charge in [-0.05, 0) is 35.6 Å². The quantitative estimate of drug-likeness (QED) is 0.609. The molecule has 0 saturated carbocycles. The van der Waals surface area contributed by atoms with E-state index in [0.29, 0.717) is 36.8 Å². The SMILES string of the molecule is COc1ccc(CCNC(=O)N2CCc3nc(NC(=O)c4ccsc4)sc3C2)cc1. The average Bonchev–Trinajstić information content (AvgIpc) is 3.43. The summed E-state index contributed by atoms with van der Waals surface area (Å²) in [5.41, 5.74) is 2.74. The van der Waals surface area contributed by atoms with Gasteiger partial charge in [0.2, 0.25) is 0 Å². The predicted molar refractivity (Wildman–Crippen MR) is 119 cm³/mol. The molecule has 1 aliphatic rings. The van der Waals surface area contributed by atoms with E-state index in [1.54, 1.807) is 23.5 Å². The van der Waals surface area contributed by atoms with E-state index in [1.807, 2.05) is 29.6 Å². The number of aromatic nitrogens is 1. The number of carbonyl (C=O) groups excluding carboxylic acids is 2. The molecule has 30 heavy (non-hydrogen) atoms. The molecule has 2 aromatic heterocycles. The van der Waals surface area contributed by atoms with Crippen LogP contribution in [-0.2, 0) is 19.4 Å². The van der Waals surface area contributed by atoms with Crippen molar-refractivity contribution in [2.45, 2.75) is 19.4 Å². The van der Waals surface area contributed by atoms with Crippen LogP contribution < -0.4 is 15.4 Å². The maximum atomic E-state index is 12.5. The molecule has 3 aromatic rings. The predicted octanol–water partition coefficient (Wildman–Crippen LogP) is 3.78. The number of amides is 3. The van der Waals surface area contributed by atoms with Crippen LogP contribution in [0.4, 0.5) is 9.93 Å². The van der Waals surface area contributed by atoms with E-state index in [-0.39, 0.29) is 11.9 Å². The minimum Gasteiger partial charge on any atom is -0.497 e. The molecule has 3 heterocycles. The van der Waals surface area contributed by atoms with Crippen LogP contribution in [0.2, 0.25) is 0 Å². The van der Waals surface area contributed by atoms with E-state index in [1.165, 1.54) is 22.7 Å². The number of methoxy groups -OCH3 is 1. The van der Waals surface area contributed by atoms with Gasteiger partial charge in [0.05, 0.1) is 24.9 Å². The fourth-order valence-corrected chi connectivity index (χ4v) is 4.86. The molecular formula is C21H22N4O3S2. The Bertz CT molecular complexity index is 1020. The molecule has 1 aromatic carbocycles. The van der Waals surface area contributed by atoms with Crippen molar-refractivity contribution in [3.8, 4) is 5.75 Å². The molecule has 9 heteroatoms. The Balaban J connectivity index is 1.28. The summed E-state index contributed by atoms with van der Waals surface area (Å²) < 4.78 is 5.16. The Morgan fingerprint density at radius 2 is 2.07 bits per heavy atom. The zero-order chi connectivity index (χ0) is 20.9. The highest BCUT2D eigenvalue weighted by Gasteiger charge is 2.24. The summed E-state index contributed by atoms with van der Waals surface area (Å²) in [5.74, 6) is 0.665. The minimum atomic E-state index is -0.157. The molecule has 0 radical (unpaired) electrons. The fraction of sp³-hybridized carbons (Fsp3) is 0.286. The highest BCUT2D eigenvalue weighted by molar-refractivity contribution is 7.16. The van der Waals surface area contributed by atoms with E-state index in [4.69, 9.17) is 4.74 Å². The van der Waals surface area contributed by atoms with Gasteiger partial charge in [-0.15, -0.1) is 0 Å². The lowest BCUT2D eigenvalue weighted by Crippen LogP contribution is -2.43. The Morgan fingerprint density at radius 3 is 2.80 bits per heavy atom. The molecule has 1 aliphatic heterocycles. The van der Waals surface area contributed by atoms with Crippen molar-refractivity contribution in [3.05, 3.63) is 62.8 Å². The van der Waals surface area contributed by atoms with Crippen LogP contribution >= 0.6 is 22.7 Å². The summed E-state index contributed by atoms with van der Waals surface area (Å²) >= 11 is 2.91. The lowest BCUT2D eigenvalue weighted by Gasteiger charge is -2.26. The van der Waals surface area contributed by atoms with E-state index in [0.717, 1.165) is 28.3 Å². The third kappa shape index (κ3) is 4.80. The average molecular weight is 443 g/mol. The zero-order valence-electron chi connectivity index (χ0n) is 16.5. The molecule has 0 bridgehead atoms. The van der Waals surface area contributed by atoms with Gasteiger partial charge < -0.3 is 15.0 Å². The first-order valence-electron chi connectivity index (χ1n) is 9.60. The molecule has 0 spiro atoms. The maximum Gasteiger partial charge on any atom is 0.317 e. The number of hydrogen-bond acceptors (Lipinski definition) is 6. The van der Waals surface area contributed by atoms with Gasteiger partial charge in [0, 0.05) is 29.8 Å². The highest BCUT2D eigenvalue weighted by Crippen LogP contribution is 2.28. The molecule has 0 aliphatic carbocycles. The van der Waals surface area contributed by atoms with Gasteiger partial charge in [0.1, 0.15) is 5.75 Å². The number of hydrogen-bond donors (Lipinski definition) is 2. The topological polar surface area (TPSA) is 83.6 Å². The number of carbonyl (C=O) groups is 2. The van der Waals surface area contributed by atoms with Crippen molar-refractivity contribution in [2.24, 2.45) is 0 Å². The number of thiazole rings is 1. The van der Waals surface area contributed by atoms with Crippen molar-refractivity contribution in [2.75, 3.05) is 25.5 Å². The van der Waals surface area contributed by atoms with E-state index >= 15 is 0 Å². The molecule has 7 nitrogen and oxygen atoms in total. The lowest BCUT2D eigenvalue weighted by atomic mass is 10.1. The standard InChI is InChI=1S/C21H22N4O3S2/c1-28-16-4-2-14(3-5-16)6-9-22-21(27)25-10-7-17-18(12-25)30-20(23-17)24-19(26)15-8-11-29-13-15/h2-5,8,11,13H,6-7,9-10,12H2,1H3,(H,22,27)(H,23,24,26). The van der Waals surface area contributed by atoms with Crippen LogP contribution in [0.3, 0.4) is 0 Å². The monoisotopic (exact) mass is 442 g/mol. The van der Waals surface area contributed by atoms with Gasteiger partial charge in [-0.2, -0.15) is 11.3 Å². The number of benzene rings is 1. The van der Waals surface area contributed by atoms with Crippen LogP contribution in [0.15, 0.2) is 41.1 Å². The Hall–Kier alpha value is -2.91. The maximum absolute atomic E-state index is 12.5. The highest BCUT2D eigenvalue weighted by atomic mass is 32.1. The lowest BCUT2D eigenvalue weighted by molar-refractivity contribution is 0.102. The van der Waals surface area contributed by atoms with Crippen LogP contribution in [0.25, 0.3) is 0 Å². The van der Waals surface area contributed by atoms with Crippen molar-refractivity contribution in [1.82, 2.24) is 15.2 Å². The number of urea groups is 1. The number of nitrogens with one attached hydrogen (secondary N) is 2. The number of anilines is 1. The summed E-state index contributed by atoms with van der Waals surface area (Å²) in [4.78, 5) is 32.1. The Kier molecular flexibility index (Phi) is 6.29. The first kappa shape index (κ1) is 20.4. The molecule has 0 fully saturated rings. The number of thiophene rings is 1. The van der Waals surface area contributed by atoms with Crippen molar-refractivity contribution in [3.63, 3.8) is 0 Å². The summed E-state index contributed by atoms with van der Waals surface area (Å²) in [5, 5.41) is 10.1. The number of rotatable bonds is 6. The summed E-state index contributed by atoms with van der Waals surface area (Å²) in [6.07, 6.45) is 1.44. The molecule has 3 amide bonds. The van der Waals surface area contributed by atoms with E-state index < -0.39 is 0 Å². The number of fused-ring (bicyclic) bond motifs is 1. The van der Waals surface area contributed by atoms with Gasteiger partial charge in [-0.25, -0.2) is 9.78 Å². The third-order valence-corrected chi connectivity index (χ3v) is 6.55. The van der Waals surface area contributed by atoms with E-state index in [9.17, 15) is 9.59 Å². The molecule has 2 N–H and O–H groups in total. The summed E-state index contributed by atoms with van der Waals surface area (Å²) in [7, 11) is 1.64. The van der Waals surface area contributed by atoms with E-state index in [2.05, 4.69) is 15.6 Å². The minimum absolute atomic E-state index is 0.0774. The molecule has 4 rings (SSSR count). The van der Waals surface area contributed by atoms with Crippen molar-refractivity contribution in [1.29, 1.82) is 0 Å². The first-order chi connectivity index (χ1) is 14.6. The number of ether oxygens (including phenoxy) is 1. The molecular weight excluding hydrogens is 420 g/mol. The van der Waals surface area contributed by atoms with Crippen molar-refractivity contribution < 1.29 is 14.3 Å². The summed E-state index contributed by atoms with van der Waals surface area (Å²) in [6.45, 7) is 1.69. The second-order valence-electron chi connectivity index (χ2n) is 6.86. The van der Waals surface area contributed by atoms with Crippen LogP contribution in [0.1, 0.15) is 26.5 Å². The normalized spacial score (nSPS) is 12.9. The molecule has 0 saturated heterocycles. The van der Waals surface area contributed by atoms with Gasteiger partial charge in [-0.1, -0.05) is 23.5 Å². The Morgan fingerprint density at radius 1 is 1.23 bits per heavy atom. The van der Waals surface area contributed by atoms with Gasteiger partial charge in [-0.3, -0.25) is 10.1 Å². The summed E-state index contributed by atoms with van der Waals surface area (Å²) in [6, 6.07) is 9.55. The Labute approximate surface area is 182 Å². The van der Waals surface area contributed by atoms with Crippen LogP contribution in [0.5, 0.6) is 5.75 Å². The third-order valence-electron chi connectivity index (χ3n) is 4.87. The first-order valence-corrected chi connectivity index (χ1v) is 11.4. The zero-order valence-corrected chi connectivity index (χ0v) is 18.1. The van der Waals surface area contributed by atoms with Crippen molar-refractivity contribution >= 4 is 39.7 Å². The molecule has 0 unspecified atom stereocenters. The van der Waals surface area contributed by atoms with Gasteiger partial charge in [0.25, 0.3) is 5.91 Å². The van der Waals surface area contributed by atoms with Gasteiger partial charge in [0.15, 0.2) is 5.13 Å². The second-order valence-corrected chi connectivity index (χ2v) is 8.72. The molecule has 0 atom stereocenters. The fourth-order valence-electron chi connectivity index (χ4n) is 3.20. The van der Waals surface area contributed by atoms with Crippen LogP contribution in [0, 0.1) is 0 Å². The second kappa shape index (κ2) is 9.27. The van der Waals surface area contributed by atoms with Gasteiger partial charge >= 0.3 is 6.03 Å². The number of nitrogens with zero attached hydrogens (tertiary/aromatic N) is 2. The smallest absolute Gasteiger partial charge is 0.317 e. The van der Waals surface area contributed by atoms with Crippen LogP contribution in [-0.4, -0.2) is 42.0 Å². The molecule has 156 valence electrons. The largest absolute Gasteiger partial charge is 0.497 e.